The number of sulfonamides is 1. The van der Waals surface area contributed by atoms with E-state index in [9.17, 15) is 18.0 Å². The molecule has 0 spiro atoms. The summed E-state index contributed by atoms with van der Waals surface area (Å²) >= 11 is 0. The molecule has 1 aromatic heterocycles. The SMILES string of the molecule is CN(C)S(=O)(=O)c1ccc(OCCOC(=O)CCCn2c(=O)oc3ccccc32)cc1. The molecule has 31 heavy (non-hydrogen) atoms. The van der Waals surface area contributed by atoms with Crippen LogP contribution >= 0.6 is 0 Å². The zero-order chi connectivity index (χ0) is 22.4. The van der Waals surface area contributed by atoms with Crippen molar-refractivity contribution in [3.63, 3.8) is 0 Å². The van der Waals surface area contributed by atoms with E-state index in [0.29, 0.717) is 29.8 Å². The summed E-state index contributed by atoms with van der Waals surface area (Å²) in [6.45, 7) is 0.548. The van der Waals surface area contributed by atoms with Crippen LogP contribution in [0.5, 0.6) is 5.75 Å². The van der Waals surface area contributed by atoms with Crippen LogP contribution in [0.15, 0.2) is 62.6 Å². The molecule has 0 aliphatic heterocycles. The van der Waals surface area contributed by atoms with Gasteiger partial charge in [0, 0.05) is 27.1 Å². The molecule has 0 saturated heterocycles. The zero-order valence-electron chi connectivity index (χ0n) is 17.3. The Morgan fingerprint density at radius 2 is 1.77 bits per heavy atom. The van der Waals surface area contributed by atoms with Crippen molar-refractivity contribution in [3.05, 3.63) is 59.1 Å². The fourth-order valence-corrected chi connectivity index (χ4v) is 3.81. The molecule has 0 amide bonds. The first kappa shape index (κ1) is 22.6. The first-order valence-corrected chi connectivity index (χ1v) is 11.1. The number of hydrogen-bond donors (Lipinski definition) is 0. The Labute approximate surface area is 179 Å². The fraction of sp³-hybridized carbons (Fsp3) is 0.333. The molecule has 166 valence electrons. The van der Waals surface area contributed by atoms with Crippen molar-refractivity contribution in [2.45, 2.75) is 24.3 Å². The van der Waals surface area contributed by atoms with Gasteiger partial charge in [-0.2, -0.15) is 0 Å². The van der Waals surface area contributed by atoms with Gasteiger partial charge in [0.15, 0.2) is 5.58 Å². The first-order chi connectivity index (χ1) is 14.8. The largest absolute Gasteiger partial charge is 0.490 e. The minimum absolute atomic E-state index is 0.0607. The van der Waals surface area contributed by atoms with Gasteiger partial charge in [-0.1, -0.05) is 12.1 Å². The summed E-state index contributed by atoms with van der Waals surface area (Å²) in [4.78, 5) is 24.0. The highest BCUT2D eigenvalue weighted by Gasteiger charge is 2.16. The molecular weight excluding hydrogens is 424 g/mol. The maximum atomic E-state index is 12.0. The van der Waals surface area contributed by atoms with E-state index in [2.05, 4.69) is 0 Å². The highest BCUT2D eigenvalue weighted by Crippen LogP contribution is 2.18. The number of aromatic nitrogens is 1. The molecule has 1 heterocycles. The van der Waals surface area contributed by atoms with Crippen LogP contribution in [0.3, 0.4) is 0 Å². The van der Waals surface area contributed by atoms with E-state index in [1.807, 2.05) is 6.07 Å². The van der Waals surface area contributed by atoms with E-state index in [1.54, 1.807) is 30.3 Å². The zero-order valence-corrected chi connectivity index (χ0v) is 18.1. The topological polar surface area (TPSA) is 108 Å². The molecule has 0 saturated carbocycles. The quantitative estimate of drug-likeness (QED) is 0.346. The smallest absolute Gasteiger partial charge is 0.419 e. The predicted octanol–water partition coefficient (Wildman–Crippen LogP) is 2.25. The summed E-state index contributed by atoms with van der Waals surface area (Å²) in [5, 5.41) is 0. The van der Waals surface area contributed by atoms with Gasteiger partial charge in [0.05, 0.1) is 10.4 Å². The van der Waals surface area contributed by atoms with Gasteiger partial charge in [-0.05, 0) is 42.8 Å². The second-order valence-electron chi connectivity index (χ2n) is 6.92. The maximum Gasteiger partial charge on any atom is 0.419 e. The number of para-hydroxylation sites is 2. The average molecular weight is 448 g/mol. The second kappa shape index (κ2) is 9.80. The molecule has 0 unspecified atom stereocenters. The minimum Gasteiger partial charge on any atom is -0.490 e. The Morgan fingerprint density at radius 3 is 2.48 bits per heavy atom. The number of carbonyl (C=O) groups is 1. The summed E-state index contributed by atoms with van der Waals surface area (Å²) < 4.78 is 42.4. The second-order valence-corrected chi connectivity index (χ2v) is 9.07. The van der Waals surface area contributed by atoms with Gasteiger partial charge in [-0.15, -0.1) is 0 Å². The number of nitrogens with zero attached hydrogens (tertiary/aromatic N) is 2. The van der Waals surface area contributed by atoms with E-state index in [0.717, 1.165) is 4.31 Å². The van der Waals surface area contributed by atoms with Crippen molar-refractivity contribution >= 4 is 27.1 Å². The van der Waals surface area contributed by atoms with Crippen LogP contribution in [0.25, 0.3) is 11.1 Å². The molecule has 0 atom stereocenters. The molecule has 2 aromatic carbocycles. The third-order valence-corrected chi connectivity index (χ3v) is 6.38. The van der Waals surface area contributed by atoms with Crippen molar-refractivity contribution in [3.8, 4) is 5.75 Å². The van der Waals surface area contributed by atoms with Crippen LogP contribution in [0.2, 0.25) is 0 Å². The van der Waals surface area contributed by atoms with Gasteiger partial charge in [-0.3, -0.25) is 9.36 Å². The monoisotopic (exact) mass is 448 g/mol. The Kier molecular flexibility index (Phi) is 7.13. The highest BCUT2D eigenvalue weighted by molar-refractivity contribution is 7.89. The van der Waals surface area contributed by atoms with Gasteiger partial charge < -0.3 is 13.9 Å². The van der Waals surface area contributed by atoms with Gasteiger partial charge in [0.2, 0.25) is 10.0 Å². The van der Waals surface area contributed by atoms with Gasteiger partial charge in [0.1, 0.15) is 19.0 Å². The minimum atomic E-state index is -3.49. The third kappa shape index (κ3) is 5.53. The van der Waals surface area contributed by atoms with E-state index in [4.69, 9.17) is 13.9 Å². The first-order valence-electron chi connectivity index (χ1n) is 9.68. The van der Waals surface area contributed by atoms with Gasteiger partial charge >= 0.3 is 11.7 Å². The van der Waals surface area contributed by atoms with Gasteiger partial charge in [-0.25, -0.2) is 17.5 Å². The van der Waals surface area contributed by atoms with Crippen LogP contribution in [0.4, 0.5) is 0 Å². The van der Waals surface area contributed by atoms with E-state index < -0.39 is 21.7 Å². The Balaban J connectivity index is 1.39. The summed E-state index contributed by atoms with van der Waals surface area (Å²) in [7, 11) is -0.565. The summed E-state index contributed by atoms with van der Waals surface area (Å²) in [6.07, 6.45) is 0.591. The number of oxazole rings is 1. The van der Waals surface area contributed by atoms with Crippen molar-refractivity contribution in [2.75, 3.05) is 27.3 Å². The number of esters is 1. The molecule has 0 N–H and O–H groups in total. The molecule has 0 radical (unpaired) electrons. The Morgan fingerprint density at radius 1 is 1.06 bits per heavy atom. The number of benzene rings is 2. The Hall–Kier alpha value is -3.11. The predicted molar refractivity (Wildman–Crippen MR) is 113 cm³/mol. The number of fused-ring (bicyclic) bond motifs is 1. The van der Waals surface area contributed by atoms with Crippen LogP contribution in [0, 0.1) is 0 Å². The molecule has 0 aliphatic carbocycles. The number of rotatable bonds is 10. The molecule has 10 heteroatoms. The lowest BCUT2D eigenvalue weighted by Gasteiger charge is -2.12. The number of hydrogen-bond acceptors (Lipinski definition) is 7. The lowest BCUT2D eigenvalue weighted by molar-refractivity contribution is -0.144. The van der Waals surface area contributed by atoms with Crippen LogP contribution in [-0.2, 0) is 26.1 Å². The number of carbonyl (C=O) groups excluding carboxylic acids is 1. The molecule has 0 aliphatic rings. The molecule has 3 aromatic rings. The fourth-order valence-electron chi connectivity index (χ4n) is 2.91. The van der Waals surface area contributed by atoms with Crippen molar-refractivity contribution in [1.29, 1.82) is 0 Å². The standard InChI is InChI=1S/C21H24N2O7S/c1-22(2)31(26,27)17-11-9-16(10-12-17)28-14-15-29-20(24)8-5-13-23-18-6-3-4-7-19(18)30-21(23)25/h3-4,6-7,9-12H,5,8,13-15H2,1-2H3. The van der Waals surface area contributed by atoms with Crippen LogP contribution in [-0.4, -0.2) is 50.6 Å². The molecule has 0 fully saturated rings. The lowest BCUT2D eigenvalue weighted by Crippen LogP contribution is -2.22. The van der Waals surface area contributed by atoms with Crippen LogP contribution < -0.4 is 10.5 Å². The summed E-state index contributed by atoms with van der Waals surface area (Å²) in [5.41, 5.74) is 1.21. The maximum absolute atomic E-state index is 12.0. The molecular formula is C21H24N2O7S. The molecule has 9 nitrogen and oxygen atoms in total. The lowest BCUT2D eigenvalue weighted by atomic mass is 10.3. The molecule has 3 rings (SSSR count). The number of aryl methyl sites for hydroxylation is 1. The summed E-state index contributed by atoms with van der Waals surface area (Å²) in [6, 6.07) is 13.1. The summed E-state index contributed by atoms with van der Waals surface area (Å²) in [5.74, 6) is -0.371. The number of ether oxygens (including phenoxy) is 2. The molecule has 0 bridgehead atoms. The van der Waals surface area contributed by atoms with E-state index >= 15 is 0 Å². The van der Waals surface area contributed by atoms with Gasteiger partial charge in [0.25, 0.3) is 0 Å². The highest BCUT2D eigenvalue weighted by atomic mass is 32.2. The van der Waals surface area contributed by atoms with Crippen molar-refractivity contribution < 1.29 is 27.1 Å². The van der Waals surface area contributed by atoms with E-state index in [-0.39, 0.29) is 24.5 Å². The Bertz CT molecular complexity index is 1190. The van der Waals surface area contributed by atoms with Crippen LogP contribution in [0.1, 0.15) is 12.8 Å². The van der Waals surface area contributed by atoms with Crippen molar-refractivity contribution in [1.82, 2.24) is 8.87 Å². The van der Waals surface area contributed by atoms with Crippen molar-refractivity contribution in [2.24, 2.45) is 0 Å². The van der Waals surface area contributed by atoms with E-state index in [1.165, 1.54) is 30.8 Å². The average Bonchev–Trinajstić information content (AvgIpc) is 3.06. The normalized spacial score (nSPS) is 11.7. The third-order valence-electron chi connectivity index (χ3n) is 4.55.